The molecule has 82 valence electrons. The lowest BCUT2D eigenvalue weighted by atomic mass is 10.3. The lowest BCUT2D eigenvalue weighted by Gasteiger charge is -1.97. The zero-order valence-electron chi connectivity index (χ0n) is 7.21. The van der Waals surface area contributed by atoms with Crippen LogP contribution >= 0.6 is 0 Å². The Hall–Kier alpha value is -1.67. The van der Waals surface area contributed by atoms with Crippen molar-refractivity contribution in [2.75, 3.05) is 6.54 Å². The van der Waals surface area contributed by atoms with Crippen LogP contribution in [0.3, 0.4) is 0 Å². The van der Waals surface area contributed by atoms with Gasteiger partial charge in [0, 0.05) is 0 Å². The first-order chi connectivity index (χ1) is 6.31. The van der Waals surface area contributed by atoms with E-state index in [1.165, 1.54) is 0 Å². The molecule has 0 aliphatic carbocycles. The van der Waals surface area contributed by atoms with Crippen LogP contribution in [0.1, 0.15) is 6.42 Å². The fourth-order valence-corrected chi connectivity index (χ4v) is 0.253. The van der Waals surface area contributed by atoms with Gasteiger partial charge in [-0.1, -0.05) is 0 Å². The largest absolute Gasteiger partial charge is 0.481 e. The molecule has 0 radical (unpaired) electrons. The van der Waals surface area contributed by atoms with E-state index in [-0.39, 0.29) is 6.54 Å². The molecule has 0 heterocycles. The van der Waals surface area contributed by atoms with Crippen LogP contribution in [0.15, 0.2) is 0 Å². The summed E-state index contributed by atoms with van der Waals surface area (Å²) in [6, 6.07) is 0. The molecule has 0 bridgehead atoms. The molecule has 0 aromatic carbocycles. The van der Waals surface area contributed by atoms with Crippen LogP contribution < -0.4 is 11.5 Å². The van der Waals surface area contributed by atoms with E-state index in [1.807, 2.05) is 0 Å². The maximum Gasteiger partial charge on any atom is 0.333 e. The van der Waals surface area contributed by atoms with Crippen LogP contribution in [0.25, 0.3) is 0 Å². The predicted octanol–water partition coefficient (Wildman–Crippen LogP) is -2.66. The Morgan fingerprint density at radius 2 is 1.57 bits per heavy atom. The number of rotatable bonds is 4. The first kappa shape index (κ1) is 14.8. The summed E-state index contributed by atoms with van der Waals surface area (Å²) in [7, 11) is 0. The zero-order valence-corrected chi connectivity index (χ0v) is 7.21. The number of hydrogen-bond donors (Lipinski definition) is 5. The van der Waals surface area contributed by atoms with Gasteiger partial charge in [-0.15, -0.1) is 0 Å². The number of carboxylic acids is 2. The fourth-order valence-electron chi connectivity index (χ4n) is 0.253. The molecule has 0 saturated carbocycles. The van der Waals surface area contributed by atoms with Crippen molar-refractivity contribution in [2.45, 2.75) is 12.5 Å². The number of aliphatic hydroxyl groups excluding tert-OH is 1. The Kier molecular flexibility index (Phi) is 8.43. The molecule has 0 aromatic rings. The lowest BCUT2D eigenvalue weighted by Crippen LogP contribution is -2.22. The van der Waals surface area contributed by atoms with E-state index in [0.717, 1.165) is 0 Å². The minimum Gasteiger partial charge on any atom is -0.481 e. The van der Waals surface area contributed by atoms with Crippen molar-refractivity contribution in [2.24, 2.45) is 11.5 Å². The third-order valence-corrected chi connectivity index (χ3v) is 0.854. The van der Waals surface area contributed by atoms with Crippen LogP contribution in [-0.2, 0) is 14.4 Å². The molecule has 0 aliphatic heterocycles. The number of carboxylic acid groups (broad SMARTS) is 2. The molecule has 1 atom stereocenters. The Labute approximate surface area is 79.1 Å². The van der Waals surface area contributed by atoms with Crippen molar-refractivity contribution in [1.82, 2.24) is 0 Å². The second-order valence-electron chi connectivity index (χ2n) is 2.12. The maximum atomic E-state index is 9.72. The molecular formula is C6H12N2O6. The molecule has 0 aliphatic rings. The molecule has 8 nitrogen and oxygen atoms in total. The summed E-state index contributed by atoms with van der Waals surface area (Å²) < 4.78 is 0. The molecule has 8 heteroatoms. The van der Waals surface area contributed by atoms with Crippen LogP contribution in [-0.4, -0.2) is 45.8 Å². The smallest absolute Gasteiger partial charge is 0.333 e. The molecule has 14 heavy (non-hydrogen) atoms. The molecule has 0 spiro atoms. The summed E-state index contributed by atoms with van der Waals surface area (Å²) in [5.74, 6) is -3.31. The van der Waals surface area contributed by atoms with Crippen molar-refractivity contribution in [3.05, 3.63) is 0 Å². The van der Waals surface area contributed by atoms with E-state index in [4.69, 9.17) is 21.1 Å². The van der Waals surface area contributed by atoms with Gasteiger partial charge in [-0.25, -0.2) is 4.79 Å². The number of primary amides is 1. The average Bonchev–Trinajstić information content (AvgIpc) is 2.04. The summed E-state index contributed by atoms with van der Waals surface area (Å²) in [5, 5.41) is 24.1. The van der Waals surface area contributed by atoms with Crippen molar-refractivity contribution in [3.8, 4) is 0 Å². The number of nitrogens with two attached hydrogens (primary N) is 2. The molecule has 0 rings (SSSR count). The second-order valence-corrected chi connectivity index (χ2v) is 2.12. The second kappa shape index (κ2) is 7.95. The minimum atomic E-state index is -1.79. The van der Waals surface area contributed by atoms with Crippen LogP contribution in [0.4, 0.5) is 0 Å². The third kappa shape index (κ3) is 13.0. The quantitative estimate of drug-likeness (QED) is 0.336. The highest BCUT2D eigenvalue weighted by atomic mass is 16.4. The van der Waals surface area contributed by atoms with Gasteiger partial charge in [0.15, 0.2) is 6.10 Å². The van der Waals surface area contributed by atoms with Crippen molar-refractivity contribution in [1.29, 1.82) is 0 Å². The Balaban J connectivity index is 0. The highest BCUT2D eigenvalue weighted by Crippen LogP contribution is 1.89. The summed E-state index contributed by atoms with van der Waals surface area (Å²) in [6.07, 6.45) is -2.54. The van der Waals surface area contributed by atoms with Crippen LogP contribution in [0, 0.1) is 0 Å². The number of hydrogen-bond acceptors (Lipinski definition) is 5. The van der Waals surface area contributed by atoms with Gasteiger partial charge in [-0.3, -0.25) is 9.59 Å². The van der Waals surface area contributed by atoms with Gasteiger partial charge in [0.2, 0.25) is 5.91 Å². The van der Waals surface area contributed by atoms with Crippen LogP contribution in [0.2, 0.25) is 0 Å². The molecule has 0 saturated heterocycles. The van der Waals surface area contributed by atoms with Gasteiger partial charge in [-0.05, 0) is 0 Å². The normalized spacial score (nSPS) is 10.7. The SMILES string of the molecule is NCC(N)=O.O=C(O)CC(O)C(=O)O. The predicted molar refractivity (Wildman–Crippen MR) is 44.1 cm³/mol. The maximum absolute atomic E-state index is 9.72. The standard InChI is InChI=1S/C4H6O5.C2H6N2O/c5-2(4(8)9)1-3(6)7;3-1-2(4)5/h2,5H,1H2,(H,6,7)(H,8,9);1,3H2,(H2,4,5). The minimum absolute atomic E-state index is 0.0556. The van der Waals surface area contributed by atoms with Crippen LogP contribution in [0.5, 0.6) is 0 Å². The van der Waals surface area contributed by atoms with Gasteiger partial charge in [0.25, 0.3) is 0 Å². The third-order valence-electron chi connectivity index (χ3n) is 0.854. The van der Waals surface area contributed by atoms with E-state index in [2.05, 4.69) is 5.73 Å². The molecule has 0 aromatic heterocycles. The van der Waals surface area contributed by atoms with Gasteiger partial charge < -0.3 is 26.8 Å². The number of amides is 1. The molecule has 1 unspecified atom stereocenters. The number of aliphatic carboxylic acids is 2. The molecular weight excluding hydrogens is 196 g/mol. The summed E-state index contributed by atoms with van der Waals surface area (Å²) >= 11 is 0. The Morgan fingerprint density at radius 1 is 1.21 bits per heavy atom. The van der Waals surface area contributed by atoms with Gasteiger partial charge in [-0.2, -0.15) is 0 Å². The fraction of sp³-hybridized carbons (Fsp3) is 0.500. The monoisotopic (exact) mass is 208 g/mol. The van der Waals surface area contributed by atoms with Crippen molar-refractivity contribution in [3.63, 3.8) is 0 Å². The zero-order chi connectivity index (χ0) is 11.7. The highest BCUT2D eigenvalue weighted by molar-refractivity contribution is 5.79. The van der Waals surface area contributed by atoms with E-state index < -0.39 is 30.4 Å². The number of aliphatic hydroxyl groups is 1. The topological polar surface area (TPSA) is 164 Å². The first-order valence-corrected chi connectivity index (χ1v) is 3.42. The van der Waals surface area contributed by atoms with Gasteiger partial charge in [0.1, 0.15) is 0 Å². The molecule has 7 N–H and O–H groups in total. The lowest BCUT2D eigenvalue weighted by molar-refractivity contribution is -0.152. The summed E-state index contributed by atoms with van der Waals surface area (Å²) in [5.41, 5.74) is 9.22. The molecule has 0 fully saturated rings. The van der Waals surface area contributed by atoms with Crippen molar-refractivity contribution >= 4 is 17.8 Å². The first-order valence-electron chi connectivity index (χ1n) is 3.42. The average molecular weight is 208 g/mol. The van der Waals surface area contributed by atoms with E-state index >= 15 is 0 Å². The summed E-state index contributed by atoms with van der Waals surface area (Å²) in [6.45, 7) is -0.0556. The molecule has 1 amide bonds. The Morgan fingerprint density at radius 3 is 1.64 bits per heavy atom. The van der Waals surface area contributed by atoms with Gasteiger partial charge in [0.05, 0.1) is 13.0 Å². The number of carbonyl (C=O) groups excluding carboxylic acids is 1. The van der Waals surface area contributed by atoms with E-state index in [9.17, 15) is 14.4 Å². The van der Waals surface area contributed by atoms with E-state index in [0.29, 0.717) is 0 Å². The highest BCUT2D eigenvalue weighted by Gasteiger charge is 2.16. The van der Waals surface area contributed by atoms with Gasteiger partial charge >= 0.3 is 11.9 Å². The number of carbonyl (C=O) groups is 3. The summed E-state index contributed by atoms with van der Waals surface area (Å²) in [4.78, 5) is 28.9. The Bertz CT molecular complexity index is 216. The van der Waals surface area contributed by atoms with E-state index in [1.54, 1.807) is 0 Å². The van der Waals surface area contributed by atoms with Crippen molar-refractivity contribution < 1.29 is 29.7 Å².